The Hall–Kier alpha value is -3.44. The van der Waals surface area contributed by atoms with Crippen molar-refractivity contribution in [3.05, 3.63) is 109 Å². The maximum absolute atomic E-state index is 10.6. The predicted octanol–water partition coefficient (Wildman–Crippen LogP) is 6.85. The quantitative estimate of drug-likeness (QED) is 0.214. The van der Waals surface area contributed by atoms with Crippen molar-refractivity contribution < 1.29 is 30.0 Å². The summed E-state index contributed by atoms with van der Waals surface area (Å²) in [5.74, 6) is -0.995. The molecule has 0 saturated heterocycles. The van der Waals surface area contributed by atoms with Gasteiger partial charge in [-0.25, -0.2) is 9.78 Å². The van der Waals surface area contributed by atoms with E-state index in [1.54, 1.807) is 23.5 Å². The summed E-state index contributed by atoms with van der Waals surface area (Å²) >= 11 is 1.72. The molecule has 0 unspecified atom stereocenters. The Kier molecular flexibility index (Phi) is 6.90. The third-order valence-electron chi connectivity index (χ3n) is 5.02. The van der Waals surface area contributed by atoms with E-state index in [1.807, 2.05) is 42.5 Å². The topological polar surface area (TPSA) is 63.1 Å². The van der Waals surface area contributed by atoms with E-state index in [-0.39, 0.29) is 25.8 Å². The van der Waals surface area contributed by atoms with Crippen LogP contribution in [0.2, 0.25) is 0 Å². The number of carboxylic acids is 1. The molecule has 2 heterocycles. The van der Waals surface area contributed by atoms with Crippen LogP contribution in [-0.2, 0) is 20.1 Å². The number of rotatable bonds is 2. The van der Waals surface area contributed by atoms with Crippen LogP contribution in [0.4, 0.5) is 0 Å². The maximum Gasteiger partial charge on any atom is 0.354 e. The Balaban J connectivity index is 0.000000164. The first-order valence-electron chi connectivity index (χ1n) is 10.0. The van der Waals surface area contributed by atoms with Crippen molar-refractivity contribution in [3.63, 3.8) is 0 Å². The van der Waals surface area contributed by atoms with Crippen molar-refractivity contribution >= 4 is 49.2 Å². The molecule has 0 aliphatic heterocycles. The fourth-order valence-corrected chi connectivity index (χ4v) is 4.37. The maximum atomic E-state index is 10.6. The van der Waals surface area contributed by atoms with Crippen molar-refractivity contribution in [2.24, 2.45) is 0 Å². The van der Waals surface area contributed by atoms with Crippen LogP contribution in [0.3, 0.4) is 0 Å². The van der Waals surface area contributed by atoms with Gasteiger partial charge in [-0.05, 0) is 24.3 Å². The molecule has 33 heavy (non-hydrogen) atoms. The largest absolute Gasteiger partial charge is 0.477 e. The molecule has 0 spiro atoms. The Morgan fingerprint density at radius 1 is 0.758 bits per heavy atom. The molecule has 6 heteroatoms. The standard InChI is InChI=1S/C17H10NS.C10H7NO2.Ir/c1-2-6-13-11-14(10-9-12(13)5-1)17-18-15-7-3-4-8-16(15)19-17;12-10(13)9-6-5-7-3-1-2-4-8(7)11-9;/h1-9,11H;1-6H,(H,12,13);/q-1;;. The molecule has 0 amide bonds. The minimum absolute atomic E-state index is 0. The van der Waals surface area contributed by atoms with Crippen molar-refractivity contribution in [2.75, 3.05) is 0 Å². The van der Waals surface area contributed by atoms with Crippen LogP contribution in [0.1, 0.15) is 10.5 Å². The molecule has 6 aromatic rings. The summed E-state index contributed by atoms with van der Waals surface area (Å²) < 4.78 is 1.22. The van der Waals surface area contributed by atoms with Gasteiger partial charge < -0.3 is 5.11 Å². The number of thiazole rings is 1. The number of para-hydroxylation sites is 2. The van der Waals surface area contributed by atoms with Gasteiger partial charge in [-0.2, -0.15) is 11.3 Å². The molecular weight excluding hydrogens is 609 g/mol. The van der Waals surface area contributed by atoms with Gasteiger partial charge in [-0.15, -0.1) is 29.1 Å². The number of aromatic carboxylic acids is 1. The second-order valence-electron chi connectivity index (χ2n) is 7.16. The first-order chi connectivity index (χ1) is 15.7. The van der Waals surface area contributed by atoms with Crippen molar-refractivity contribution in [2.45, 2.75) is 0 Å². The summed E-state index contributed by atoms with van der Waals surface area (Å²) in [4.78, 5) is 19.2. The zero-order chi connectivity index (χ0) is 21.9. The van der Waals surface area contributed by atoms with E-state index in [9.17, 15) is 4.79 Å². The van der Waals surface area contributed by atoms with E-state index in [0.29, 0.717) is 5.52 Å². The van der Waals surface area contributed by atoms with Crippen LogP contribution >= 0.6 is 11.3 Å². The molecular formula is C27H17IrN2O2S-. The normalized spacial score (nSPS) is 10.4. The summed E-state index contributed by atoms with van der Waals surface area (Å²) in [7, 11) is 0. The van der Waals surface area contributed by atoms with Crippen LogP contribution in [0.5, 0.6) is 0 Å². The van der Waals surface area contributed by atoms with Gasteiger partial charge in [-0.3, -0.25) is 4.98 Å². The second-order valence-corrected chi connectivity index (χ2v) is 8.19. The number of benzene rings is 4. The Morgan fingerprint density at radius 2 is 1.42 bits per heavy atom. The van der Waals surface area contributed by atoms with E-state index >= 15 is 0 Å². The molecule has 1 N–H and O–H groups in total. The number of hydrogen-bond acceptors (Lipinski definition) is 4. The summed E-state index contributed by atoms with van der Waals surface area (Å²) in [6.07, 6.45) is 0. The smallest absolute Gasteiger partial charge is 0.354 e. The van der Waals surface area contributed by atoms with Gasteiger partial charge in [0, 0.05) is 35.2 Å². The fourth-order valence-electron chi connectivity index (χ4n) is 3.42. The van der Waals surface area contributed by atoms with Gasteiger partial charge in [-0.1, -0.05) is 66.0 Å². The van der Waals surface area contributed by atoms with Crippen molar-refractivity contribution in [1.82, 2.24) is 9.97 Å². The van der Waals surface area contributed by atoms with Crippen molar-refractivity contribution in [1.29, 1.82) is 0 Å². The number of pyridine rings is 1. The third-order valence-corrected chi connectivity index (χ3v) is 6.09. The molecule has 0 fully saturated rings. The minimum atomic E-state index is -0.995. The third kappa shape index (κ3) is 4.99. The first-order valence-corrected chi connectivity index (χ1v) is 10.8. The molecule has 0 atom stereocenters. The number of nitrogens with zero attached hydrogens (tertiary/aromatic N) is 2. The van der Waals surface area contributed by atoms with E-state index in [2.05, 4.69) is 52.4 Å². The van der Waals surface area contributed by atoms with Crippen LogP contribution in [-0.4, -0.2) is 21.0 Å². The van der Waals surface area contributed by atoms with Gasteiger partial charge in [0.05, 0.1) is 11.0 Å². The molecule has 2 aromatic heterocycles. The molecule has 4 nitrogen and oxygen atoms in total. The van der Waals surface area contributed by atoms with E-state index in [0.717, 1.165) is 21.5 Å². The number of carboxylic acid groups (broad SMARTS) is 1. The summed E-state index contributed by atoms with van der Waals surface area (Å²) in [6.45, 7) is 0. The van der Waals surface area contributed by atoms with E-state index in [1.165, 1.54) is 21.5 Å². The van der Waals surface area contributed by atoms with Crippen molar-refractivity contribution in [3.8, 4) is 10.6 Å². The number of fused-ring (bicyclic) bond motifs is 3. The Morgan fingerprint density at radius 3 is 2.18 bits per heavy atom. The second kappa shape index (κ2) is 10.0. The van der Waals surface area contributed by atoms with Gasteiger partial charge in [0.25, 0.3) is 0 Å². The van der Waals surface area contributed by atoms with Crippen LogP contribution in [0.15, 0.2) is 97.1 Å². The number of carbonyl (C=O) groups is 1. The summed E-state index contributed by atoms with van der Waals surface area (Å²) in [6, 6.07) is 34.8. The molecule has 1 radical (unpaired) electrons. The summed E-state index contributed by atoms with van der Waals surface area (Å²) in [5.41, 5.74) is 2.92. The predicted molar refractivity (Wildman–Crippen MR) is 130 cm³/mol. The van der Waals surface area contributed by atoms with Crippen LogP contribution in [0, 0.1) is 6.07 Å². The average molecular weight is 626 g/mol. The number of hydrogen-bond donors (Lipinski definition) is 1. The van der Waals surface area contributed by atoms with Gasteiger partial charge in [0.2, 0.25) is 0 Å². The minimum Gasteiger partial charge on any atom is -0.477 e. The zero-order valence-electron chi connectivity index (χ0n) is 17.2. The molecule has 0 bridgehead atoms. The molecule has 163 valence electrons. The fraction of sp³-hybridized carbons (Fsp3) is 0. The van der Waals surface area contributed by atoms with Crippen LogP contribution < -0.4 is 0 Å². The van der Waals surface area contributed by atoms with E-state index < -0.39 is 5.97 Å². The Bertz CT molecular complexity index is 1550. The molecule has 4 aromatic carbocycles. The number of aromatic nitrogens is 2. The summed E-state index contributed by atoms with van der Waals surface area (Å²) in [5, 5.41) is 13.1. The Labute approximate surface area is 207 Å². The van der Waals surface area contributed by atoms with Gasteiger partial charge in [0.15, 0.2) is 0 Å². The average Bonchev–Trinajstić information content (AvgIpc) is 3.28. The monoisotopic (exact) mass is 626 g/mol. The molecule has 0 aliphatic carbocycles. The SMILES string of the molecule is O=C(O)c1ccc2ccccc2n1.[Ir].[c-]1cc2ccccc2cc1-c1nc2ccccc2s1. The van der Waals surface area contributed by atoms with Crippen LogP contribution in [0.25, 0.3) is 42.5 Å². The van der Waals surface area contributed by atoms with E-state index in [4.69, 9.17) is 5.11 Å². The van der Waals surface area contributed by atoms with Gasteiger partial charge in [0.1, 0.15) is 5.69 Å². The molecule has 0 saturated carbocycles. The zero-order valence-corrected chi connectivity index (χ0v) is 20.4. The van der Waals surface area contributed by atoms with Gasteiger partial charge >= 0.3 is 5.97 Å². The molecule has 6 rings (SSSR count). The molecule has 0 aliphatic rings. The first kappa shape index (κ1) is 22.7.